The summed E-state index contributed by atoms with van der Waals surface area (Å²) in [7, 11) is 3.82. The normalized spacial score (nSPS) is 10.8. The van der Waals surface area contributed by atoms with Crippen molar-refractivity contribution < 1.29 is 8.81 Å². The first-order valence-electron chi connectivity index (χ1n) is 6.56. The highest BCUT2D eigenvalue weighted by molar-refractivity contribution is 5.91. The molecule has 3 aromatic rings. The van der Waals surface area contributed by atoms with Crippen LogP contribution in [0.3, 0.4) is 0 Å². The molecule has 106 valence electrons. The Bertz CT molecular complexity index is 851. The zero-order valence-corrected chi connectivity index (χ0v) is 11.8. The lowest BCUT2D eigenvalue weighted by atomic mass is 10.0. The average molecular weight is 283 g/mol. The summed E-state index contributed by atoms with van der Waals surface area (Å²) < 4.78 is 18.3. The van der Waals surface area contributed by atoms with Gasteiger partial charge in [-0.2, -0.15) is 0 Å². The molecule has 3 rings (SSSR count). The van der Waals surface area contributed by atoms with Crippen LogP contribution in [0.25, 0.3) is 22.1 Å². The highest BCUT2D eigenvalue weighted by Gasteiger charge is 2.11. The van der Waals surface area contributed by atoms with Crippen molar-refractivity contribution in [2.24, 2.45) is 0 Å². The molecular formula is C17H14FNO2. The van der Waals surface area contributed by atoms with Crippen molar-refractivity contribution >= 4 is 16.7 Å². The van der Waals surface area contributed by atoms with Gasteiger partial charge in [-0.1, -0.05) is 12.1 Å². The third-order valence-electron chi connectivity index (χ3n) is 3.37. The first kappa shape index (κ1) is 13.4. The van der Waals surface area contributed by atoms with Gasteiger partial charge in [-0.05, 0) is 29.8 Å². The van der Waals surface area contributed by atoms with E-state index in [0.717, 1.165) is 22.2 Å². The molecule has 0 aliphatic heterocycles. The van der Waals surface area contributed by atoms with Crippen LogP contribution < -0.4 is 10.5 Å². The summed E-state index contributed by atoms with van der Waals surface area (Å²) in [5.74, 6) is -0.267. The van der Waals surface area contributed by atoms with Crippen LogP contribution in [0.1, 0.15) is 0 Å². The Morgan fingerprint density at radius 3 is 2.38 bits per heavy atom. The molecular weight excluding hydrogens is 269 g/mol. The van der Waals surface area contributed by atoms with Gasteiger partial charge in [0.2, 0.25) is 0 Å². The summed E-state index contributed by atoms with van der Waals surface area (Å²) in [5, 5.41) is 0.833. The molecule has 21 heavy (non-hydrogen) atoms. The SMILES string of the molecule is CN(C)c1cc2oc(=O)ccc2cc1-c1ccc(F)cc1. The molecule has 0 spiro atoms. The predicted molar refractivity (Wildman–Crippen MR) is 82.2 cm³/mol. The van der Waals surface area contributed by atoms with Crippen LogP contribution in [0.15, 0.2) is 57.7 Å². The first-order chi connectivity index (χ1) is 10.0. The summed E-state index contributed by atoms with van der Waals surface area (Å²) in [6.45, 7) is 0. The number of hydrogen-bond donors (Lipinski definition) is 0. The van der Waals surface area contributed by atoms with Crippen molar-refractivity contribution in [1.29, 1.82) is 0 Å². The zero-order valence-electron chi connectivity index (χ0n) is 11.8. The van der Waals surface area contributed by atoms with Gasteiger partial charge < -0.3 is 9.32 Å². The van der Waals surface area contributed by atoms with Crippen molar-refractivity contribution in [2.75, 3.05) is 19.0 Å². The molecule has 3 nitrogen and oxygen atoms in total. The fourth-order valence-corrected chi connectivity index (χ4v) is 2.34. The molecule has 4 heteroatoms. The molecule has 0 amide bonds. The van der Waals surface area contributed by atoms with E-state index >= 15 is 0 Å². The van der Waals surface area contributed by atoms with Crippen molar-refractivity contribution in [2.45, 2.75) is 0 Å². The van der Waals surface area contributed by atoms with E-state index < -0.39 is 0 Å². The third-order valence-corrected chi connectivity index (χ3v) is 3.37. The van der Waals surface area contributed by atoms with Gasteiger partial charge in [0.25, 0.3) is 0 Å². The second kappa shape index (κ2) is 5.05. The van der Waals surface area contributed by atoms with Crippen molar-refractivity contribution in [3.05, 3.63) is 64.8 Å². The lowest BCUT2D eigenvalue weighted by Gasteiger charge is -2.18. The molecule has 0 bridgehead atoms. The van der Waals surface area contributed by atoms with E-state index in [0.29, 0.717) is 5.58 Å². The van der Waals surface area contributed by atoms with Crippen molar-refractivity contribution in [3.63, 3.8) is 0 Å². The van der Waals surface area contributed by atoms with E-state index in [4.69, 9.17) is 4.42 Å². The smallest absolute Gasteiger partial charge is 0.336 e. The second-order valence-electron chi connectivity index (χ2n) is 5.06. The van der Waals surface area contributed by atoms with E-state index in [1.165, 1.54) is 18.2 Å². The van der Waals surface area contributed by atoms with Crippen LogP contribution in [-0.4, -0.2) is 14.1 Å². The fraction of sp³-hybridized carbons (Fsp3) is 0.118. The van der Waals surface area contributed by atoms with Crippen LogP contribution >= 0.6 is 0 Å². The molecule has 2 aromatic carbocycles. The van der Waals surface area contributed by atoms with Gasteiger partial charge in [0.05, 0.1) is 0 Å². The topological polar surface area (TPSA) is 33.5 Å². The highest BCUT2D eigenvalue weighted by atomic mass is 19.1. The number of fused-ring (bicyclic) bond motifs is 1. The molecule has 0 atom stereocenters. The third kappa shape index (κ3) is 2.52. The van der Waals surface area contributed by atoms with E-state index in [2.05, 4.69) is 0 Å². The summed E-state index contributed by atoms with van der Waals surface area (Å²) in [4.78, 5) is 13.3. The summed E-state index contributed by atoms with van der Waals surface area (Å²) in [6, 6.07) is 13.2. The number of nitrogens with zero attached hydrogens (tertiary/aromatic N) is 1. The number of rotatable bonds is 2. The van der Waals surface area contributed by atoms with Crippen LogP contribution in [0.2, 0.25) is 0 Å². The highest BCUT2D eigenvalue weighted by Crippen LogP contribution is 2.33. The van der Waals surface area contributed by atoms with Gasteiger partial charge in [0.1, 0.15) is 11.4 Å². The Hall–Kier alpha value is -2.62. The summed E-state index contributed by atoms with van der Waals surface area (Å²) >= 11 is 0. The van der Waals surface area contributed by atoms with Crippen LogP contribution in [-0.2, 0) is 0 Å². The monoisotopic (exact) mass is 283 g/mol. The van der Waals surface area contributed by atoms with Gasteiger partial charge in [-0.15, -0.1) is 0 Å². The summed E-state index contributed by atoms with van der Waals surface area (Å²) in [6.07, 6.45) is 0. The fourth-order valence-electron chi connectivity index (χ4n) is 2.34. The van der Waals surface area contributed by atoms with Crippen LogP contribution in [0, 0.1) is 5.82 Å². The van der Waals surface area contributed by atoms with Crippen molar-refractivity contribution in [1.82, 2.24) is 0 Å². The number of hydrogen-bond acceptors (Lipinski definition) is 3. The largest absolute Gasteiger partial charge is 0.423 e. The van der Waals surface area contributed by atoms with Crippen LogP contribution in [0.5, 0.6) is 0 Å². The molecule has 0 saturated carbocycles. The van der Waals surface area contributed by atoms with Gasteiger partial charge in [0, 0.05) is 42.9 Å². The Labute approximate surface area is 121 Å². The van der Waals surface area contributed by atoms with Gasteiger partial charge in [-0.25, -0.2) is 9.18 Å². The van der Waals surface area contributed by atoms with Gasteiger partial charge in [-0.3, -0.25) is 0 Å². The molecule has 0 N–H and O–H groups in total. The minimum Gasteiger partial charge on any atom is -0.423 e. The minimum atomic E-state index is -0.373. The lowest BCUT2D eigenvalue weighted by molar-refractivity contribution is 0.561. The van der Waals surface area contributed by atoms with E-state index in [1.807, 2.05) is 31.1 Å². The second-order valence-corrected chi connectivity index (χ2v) is 5.06. The summed E-state index contributed by atoms with van der Waals surface area (Å²) in [5.41, 5.74) is 2.94. The van der Waals surface area contributed by atoms with Crippen LogP contribution in [0.4, 0.5) is 10.1 Å². The molecule has 0 radical (unpaired) electrons. The van der Waals surface area contributed by atoms with E-state index in [9.17, 15) is 9.18 Å². The molecule has 0 unspecified atom stereocenters. The molecule has 0 saturated heterocycles. The van der Waals surface area contributed by atoms with E-state index in [1.54, 1.807) is 18.2 Å². The van der Waals surface area contributed by atoms with Crippen molar-refractivity contribution in [3.8, 4) is 11.1 Å². The van der Waals surface area contributed by atoms with Gasteiger partial charge in [0.15, 0.2) is 0 Å². The minimum absolute atomic E-state index is 0.267. The number of benzene rings is 2. The standard InChI is InChI=1S/C17H14FNO2/c1-19(2)15-10-16-12(5-8-17(20)21-16)9-14(15)11-3-6-13(18)7-4-11/h3-10H,1-2H3. The number of anilines is 1. The maximum atomic E-state index is 13.1. The molecule has 0 aliphatic rings. The zero-order chi connectivity index (χ0) is 15.0. The molecule has 1 heterocycles. The molecule has 0 aliphatic carbocycles. The quantitative estimate of drug-likeness (QED) is 0.673. The maximum Gasteiger partial charge on any atom is 0.336 e. The van der Waals surface area contributed by atoms with E-state index in [-0.39, 0.29) is 11.4 Å². The molecule has 1 aromatic heterocycles. The predicted octanol–water partition coefficient (Wildman–Crippen LogP) is 3.67. The Morgan fingerprint density at radius 2 is 1.71 bits per heavy atom. The maximum absolute atomic E-state index is 13.1. The Kier molecular flexibility index (Phi) is 3.22. The number of halogens is 1. The average Bonchev–Trinajstić information content (AvgIpc) is 2.46. The first-order valence-corrected chi connectivity index (χ1v) is 6.56. The molecule has 0 fully saturated rings. The van der Waals surface area contributed by atoms with Gasteiger partial charge >= 0.3 is 5.63 Å². The lowest BCUT2D eigenvalue weighted by Crippen LogP contribution is -2.10. The Balaban J connectivity index is 2.29. The Morgan fingerprint density at radius 1 is 1.00 bits per heavy atom.